The molecule has 0 saturated heterocycles. The maximum atomic E-state index is 12.5. The lowest BCUT2D eigenvalue weighted by atomic mass is 10.2. The smallest absolute Gasteiger partial charge is 0.320 e. The van der Waals surface area contributed by atoms with Crippen molar-refractivity contribution < 1.29 is 9.72 Å². The molecule has 1 aromatic carbocycles. The molecule has 2 heterocycles. The fourth-order valence-electron chi connectivity index (χ4n) is 2.76. The molecule has 1 N–H and O–H groups in total. The Morgan fingerprint density at radius 1 is 1.37 bits per heavy atom. The summed E-state index contributed by atoms with van der Waals surface area (Å²) in [7, 11) is 1.49. The predicted molar refractivity (Wildman–Crippen MR) is 103 cm³/mol. The number of rotatable bonds is 5. The van der Waals surface area contributed by atoms with Crippen LogP contribution in [0.25, 0.3) is 0 Å². The van der Waals surface area contributed by atoms with Crippen molar-refractivity contribution in [1.82, 2.24) is 19.6 Å². The first-order chi connectivity index (χ1) is 12.8. The Balaban J connectivity index is 1.82. The van der Waals surface area contributed by atoms with Gasteiger partial charge in [0.1, 0.15) is 6.20 Å². The lowest BCUT2D eigenvalue weighted by molar-refractivity contribution is -0.385. The van der Waals surface area contributed by atoms with Crippen LogP contribution in [0.2, 0.25) is 0 Å². The number of aromatic nitrogens is 4. The van der Waals surface area contributed by atoms with E-state index in [-0.39, 0.29) is 11.4 Å². The molecule has 0 aliphatic rings. The molecule has 0 unspecified atom stereocenters. The van der Waals surface area contributed by atoms with Gasteiger partial charge in [-0.3, -0.25) is 24.3 Å². The fourth-order valence-corrected chi connectivity index (χ4v) is 3.05. The molecule has 2 aromatic heterocycles. The van der Waals surface area contributed by atoms with Crippen molar-refractivity contribution in [3.05, 3.63) is 67.7 Å². The summed E-state index contributed by atoms with van der Waals surface area (Å²) in [5.41, 5.74) is 2.94. The lowest BCUT2D eigenvalue weighted by Gasteiger charge is -2.09. The van der Waals surface area contributed by atoms with Crippen molar-refractivity contribution in [2.24, 2.45) is 7.05 Å². The monoisotopic (exact) mass is 432 g/mol. The lowest BCUT2D eigenvalue weighted by Crippen LogP contribution is -2.17. The summed E-state index contributed by atoms with van der Waals surface area (Å²) in [6.07, 6.45) is 1.06. The van der Waals surface area contributed by atoms with E-state index in [1.807, 2.05) is 36.7 Å². The highest BCUT2D eigenvalue weighted by molar-refractivity contribution is 9.10. The second-order valence-corrected chi connectivity index (χ2v) is 6.85. The minimum atomic E-state index is -0.626. The number of hydrogen-bond acceptors (Lipinski definition) is 5. The average molecular weight is 433 g/mol. The number of anilines is 1. The van der Waals surface area contributed by atoms with Crippen molar-refractivity contribution in [1.29, 1.82) is 0 Å². The molecular formula is C17H17BrN6O3. The third-order valence-electron chi connectivity index (χ3n) is 4.14. The molecule has 0 atom stereocenters. The molecule has 0 aliphatic carbocycles. The number of hydrogen-bond donors (Lipinski definition) is 1. The van der Waals surface area contributed by atoms with Gasteiger partial charge in [-0.2, -0.15) is 10.2 Å². The molecule has 9 nitrogen and oxygen atoms in total. The quantitative estimate of drug-likeness (QED) is 0.491. The van der Waals surface area contributed by atoms with Crippen molar-refractivity contribution in [3.8, 4) is 0 Å². The molecule has 3 aromatic rings. The highest BCUT2D eigenvalue weighted by Crippen LogP contribution is 2.22. The summed E-state index contributed by atoms with van der Waals surface area (Å²) < 4.78 is 4.02. The molecule has 0 aliphatic heterocycles. The van der Waals surface area contributed by atoms with E-state index < -0.39 is 10.8 Å². The zero-order valence-electron chi connectivity index (χ0n) is 14.9. The van der Waals surface area contributed by atoms with Gasteiger partial charge in [0.2, 0.25) is 5.69 Å². The van der Waals surface area contributed by atoms with Crippen LogP contribution in [0.15, 0.2) is 34.9 Å². The maximum Gasteiger partial charge on any atom is 0.320 e. The summed E-state index contributed by atoms with van der Waals surface area (Å²) in [6, 6.07) is 7.26. The predicted octanol–water partition coefficient (Wildman–Crippen LogP) is 3.20. The molecule has 0 fully saturated rings. The van der Waals surface area contributed by atoms with Gasteiger partial charge >= 0.3 is 5.69 Å². The van der Waals surface area contributed by atoms with Crippen molar-refractivity contribution in [3.63, 3.8) is 0 Å². The van der Waals surface area contributed by atoms with Gasteiger partial charge in [-0.25, -0.2) is 0 Å². The van der Waals surface area contributed by atoms with Gasteiger partial charge in [0.05, 0.1) is 27.3 Å². The Hall–Kier alpha value is -3.01. The van der Waals surface area contributed by atoms with E-state index in [2.05, 4.69) is 31.4 Å². The van der Waals surface area contributed by atoms with Gasteiger partial charge < -0.3 is 5.32 Å². The van der Waals surface area contributed by atoms with Crippen LogP contribution >= 0.6 is 15.9 Å². The SMILES string of the molecule is Cc1nn(Cc2cccc(NC(=O)c3c([N+](=O)[O-])cnn3C)c2)c(C)c1Br. The number of nitrogens with zero attached hydrogens (tertiary/aromatic N) is 5. The third-order valence-corrected chi connectivity index (χ3v) is 5.29. The number of nitrogens with one attached hydrogen (secondary N) is 1. The second-order valence-electron chi connectivity index (χ2n) is 6.06. The van der Waals surface area contributed by atoms with Crippen molar-refractivity contribution >= 4 is 33.2 Å². The first-order valence-corrected chi connectivity index (χ1v) is 8.83. The Kier molecular flexibility index (Phi) is 5.08. The standard InChI is InChI=1S/C17H17BrN6O3/c1-10-15(18)11(2)23(21-10)9-12-5-4-6-13(7-12)20-17(25)16-14(24(26)27)8-19-22(16)3/h4-8H,9H2,1-3H3,(H,20,25). The van der Waals surface area contributed by atoms with Crippen LogP contribution in [0.5, 0.6) is 0 Å². The molecule has 0 bridgehead atoms. The second kappa shape index (κ2) is 7.31. The van der Waals surface area contributed by atoms with Gasteiger partial charge in [-0.15, -0.1) is 0 Å². The van der Waals surface area contributed by atoms with Gasteiger partial charge in [0.25, 0.3) is 5.91 Å². The Morgan fingerprint density at radius 3 is 2.74 bits per heavy atom. The van der Waals surface area contributed by atoms with E-state index in [4.69, 9.17) is 0 Å². The summed E-state index contributed by atoms with van der Waals surface area (Å²) in [6.45, 7) is 4.43. The number of nitro groups is 1. The highest BCUT2D eigenvalue weighted by atomic mass is 79.9. The Morgan fingerprint density at radius 2 is 2.11 bits per heavy atom. The number of carbonyl (C=O) groups is 1. The molecule has 0 saturated carbocycles. The largest absolute Gasteiger partial charge is 0.320 e. The third kappa shape index (κ3) is 3.75. The van der Waals surface area contributed by atoms with Crippen molar-refractivity contribution in [2.45, 2.75) is 20.4 Å². The van der Waals surface area contributed by atoms with Gasteiger partial charge in [-0.1, -0.05) is 12.1 Å². The van der Waals surface area contributed by atoms with E-state index in [1.54, 1.807) is 6.07 Å². The van der Waals surface area contributed by atoms with E-state index in [0.29, 0.717) is 12.2 Å². The molecule has 1 amide bonds. The zero-order valence-corrected chi connectivity index (χ0v) is 16.5. The number of aryl methyl sites for hydroxylation is 2. The average Bonchev–Trinajstić information content (AvgIpc) is 3.11. The first kappa shape index (κ1) is 18.8. The van der Waals surface area contributed by atoms with E-state index in [0.717, 1.165) is 27.6 Å². The minimum absolute atomic E-state index is 0.104. The summed E-state index contributed by atoms with van der Waals surface area (Å²) >= 11 is 3.50. The first-order valence-electron chi connectivity index (χ1n) is 8.04. The summed E-state index contributed by atoms with van der Waals surface area (Å²) in [4.78, 5) is 22.9. The number of carbonyl (C=O) groups excluding carboxylic acids is 1. The number of amides is 1. The Bertz CT molecular complexity index is 1040. The molecular weight excluding hydrogens is 416 g/mol. The number of halogens is 1. The number of benzene rings is 1. The zero-order chi connectivity index (χ0) is 19.7. The van der Waals surface area contributed by atoms with E-state index in [9.17, 15) is 14.9 Å². The van der Waals surface area contributed by atoms with Crippen LogP contribution in [-0.2, 0) is 13.6 Å². The van der Waals surface area contributed by atoms with Crippen molar-refractivity contribution in [2.75, 3.05) is 5.32 Å². The van der Waals surface area contributed by atoms with Crippen LogP contribution < -0.4 is 5.32 Å². The summed E-state index contributed by atoms with van der Waals surface area (Å²) in [5, 5.41) is 22.0. The van der Waals surface area contributed by atoms with E-state index >= 15 is 0 Å². The minimum Gasteiger partial charge on any atom is -0.320 e. The maximum absolute atomic E-state index is 12.5. The fraction of sp³-hybridized carbons (Fsp3) is 0.235. The highest BCUT2D eigenvalue weighted by Gasteiger charge is 2.25. The van der Waals surface area contributed by atoms with Gasteiger partial charge in [-0.05, 0) is 47.5 Å². The van der Waals surface area contributed by atoms with Gasteiger partial charge in [0, 0.05) is 12.7 Å². The van der Waals surface area contributed by atoms with Gasteiger partial charge in [0.15, 0.2) is 0 Å². The molecule has 27 heavy (non-hydrogen) atoms. The van der Waals surface area contributed by atoms with Crippen LogP contribution in [-0.4, -0.2) is 30.4 Å². The Labute approximate surface area is 163 Å². The van der Waals surface area contributed by atoms with Crippen LogP contribution in [0.3, 0.4) is 0 Å². The summed E-state index contributed by atoms with van der Waals surface area (Å²) in [5.74, 6) is -0.590. The van der Waals surface area contributed by atoms with Crippen LogP contribution in [0.1, 0.15) is 27.4 Å². The molecule has 10 heteroatoms. The molecule has 140 valence electrons. The molecule has 0 radical (unpaired) electrons. The normalized spacial score (nSPS) is 10.8. The van der Waals surface area contributed by atoms with E-state index in [1.165, 1.54) is 11.7 Å². The molecule has 3 rings (SSSR count). The molecule has 0 spiro atoms. The van der Waals surface area contributed by atoms with Crippen LogP contribution in [0, 0.1) is 24.0 Å². The van der Waals surface area contributed by atoms with Crippen LogP contribution in [0.4, 0.5) is 11.4 Å². The topological polar surface area (TPSA) is 108 Å².